The molecule has 3 nitrogen and oxygen atoms in total. The van der Waals surface area contributed by atoms with Crippen molar-refractivity contribution in [3.05, 3.63) is 11.3 Å². The third-order valence-corrected chi connectivity index (χ3v) is 9.46. The monoisotopic (exact) mass is 388 g/mol. The third kappa shape index (κ3) is 3.35. The van der Waals surface area contributed by atoms with Gasteiger partial charge in [-0.25, -0.2) is 5.43 Å². The molecule has 3 heteroatoms. The standard InChI is InChI=1S/C25H44N2O/c1-16(2)7-6-8-17(3)19-9-10-20-23-21(12-14-24(19,20)4)25(5)13-11-18(28)15-22(25)26-27-23/h16-19,21-22,26-28H,6-15H2,1-5H3/t17-,18+,19-,21+,22-,24-,25-/m1/s1. The van der Waals surface area contributed by atoms with Crippen LogP contribution in [0.25, 0.3) is 0 Å². The average molecular weight is 389 g/mol. The number of hydrogen-bond donors (Lipinski definition) is 3. The molecular formula is C25H44N2O. The second-order valence-corrected chi connectivity index (χ2v) is 11.6. The van der Waals surface area contributed by atoms with Gasteiger partial charge in [0, 0.05) is 17.7 Å². The molecule has 3 N–H and O–H groups in total. The smallest absolute Gasteiger partial charge is 0.0556 e. The molecule has 3 aliphatic carbocycles. The highest BCUT2D eigenvalue weighted by Crippen LogP contribution is 2.62. The molecule has 4 aliphatic rings. The van der Waals surface area contributed by atoms with Crippen LogP contribution in [0.1, 0.15) is 98.8 Å². The van der Waals surface area contributed by atoms with Gasteiger partial charge in [-0.15, -0.1) is 0 Å². The minimum absolute atomic E-state index is 0.127. The Morgan fingerprint density at radius 3 is 2.61 bits per heavy atom. The van der Waals surface area contributed by atoms with Crippen molar-refractivity contribution in [1.29, 1.82) is 0 Å². The van der Waals surface area contributed by atoms with E-state index in [0.717, 1.165) is 37.0 Å². The summed E-state index contributed by atoms with van der Waals surface area (Å²) in [4.78, 5) is 0. The van der Waals surface area contributed by atoms with Gasteiger partial charge in [0.15, 0.2) is 0 Å². The molecule has 0 aromatic rings. The Hall–Kier alpha value is -0.540. The zero-order valence-corrected chi connectivity index (χ0v) is 19.0. The summed E-state index contributed by atoms with van der Waals surface area (Å²) in [6.45, 7) is 12.3. The van der Waals surface area contributed by atoms with Crippen LogP contribution in [0.3, 0.4) is 0 Å². The molecule has 2 saturated carbocycles. The summed E-state index contributed by atoms with van der Waals surface area (Å²) in [6.07, 6.45) is 12.4. The highest BCUT2D eigenvalue weighted by molar-refractivity contribution is 5.33. The van der Waals surface area contributed by atoms with Crippen LogP contribution in [0.15, 0.2) is 11.3 Å². The Morgan fingerprint density at radius 1 is 1.07 bits per heavy atom. The van der Waals surface area contributed by atoms with Crippen LogP contribution < -0.4 is 10.9 Å². The van der Waals surface area contributed by atoms with E-state index in [0.29, 0.717) is 22.8 Å². The molecule has 28 heavy (non-hydrogen) atoms. The van der Waals surface area contributed by atoms with E-state index in [2.05, 4.69) is 45.5 Å². The number of allylic oxidation sites excluding steroid dienone is 2. The highest BCUT2D eigenvalue weighted by Gasteiger charge is 2.56. The lowest BCUT2D eigenvalue weighted by Gasteiger charge is -2.56. The van der Waals surface area contributed by atoms with Gasteiger partial charge >= 0.3 is 0 Å². The lowest BCUT2D eigenvalue weighted by Crippen LogP contribution is -2.63. The van der Waals surface area contributed by atoms with Crippen molar-refractivity contribution in [1.82, 2.24) is 10.9 Å². The molecular weight excluding hydrogens is 344 g/mol. The van der Waals surface area contributed by atoms with Crippen LogP contribution in [-0.2, 0) is 0 Å². The second-order valence-electron chi connectivity index (χ2n) is 11.6. The summed E-state index contributed by atoms with van der Waals surface area (Å²) in [6, 6.07) is 0.405. The maximum atomic E-state index is 10.2. The van der Waals surface area contributed by atoms with E-state index in [1.807, 2.05) is 0 Å². The van der Waals surface area contributed by atoms with Crippen molar-refractivity contribution in [2.45, 2.75) is 111 Å². The summed E-state index contributed by atoms with van der Waals surface area (Å²) >= 11 is 0. The molecule has 3 fully saturated rings. The van der Waals surface area contributed by atoms with Gasteiger partial charge < -0.3 is 10.5 Å². The molecule has 160 valence electrons. The normalized spacial score (nSPS) is 44.0. The van der Waals surface area contributed by atoms with Crippen LogP contribution in [0.5, 0.6) is 0 Å². The van der Waals surface area contributed by atoms with Crippen LogP contribution in [-0.4, -0.2) is 17.3 Å². The Bertz CT molecular complexity index is 614. The number of fused-ring (bicyclic) bond motifs is 4. The van der Waals surface area contributed by atoms with Gasteiger partial charge in [-0.05, 0) is 79.1 Å². The maximum absolute atomic E-state index is 10.2. The van der Waals surface area contributed by atoms with E-state index in [1.54, 1.807) is 11.3 Å². The minimum atomic E-state index is -0.127. The number of rotatable bonds is 5. The molecule has 4 rings (SSSR count). The summed E-state index contributed by atoms with van der Waals surface area (Å²) in [5, 5.41) is 10.2. The topological polar surface area (TPSA) is 44.3 Å². The molecule has 0 aromatic heterocycles. The first-order chi connectivity index (χ1) is 13.3. The fraction of sp³-hybridized carbons (Fsp3) is 0.920. The average Bonchev–Trinajstić information content (AvgIpc) is 2.99. The lowest BCUT2D eigenvalue weighted by atomic mass is 9.55. The Morgan fingerprint density at radius 2 is 1.86 bits per heavy atom. The fourth-order valence-electron chi connectivity index (χ4n) is 7.61. The van der Waals surface area contributed by atoms with E-state index in [1.165, 1.54) is 44.9 Å². The molecule has 1 heterocycles. The van der Waals surface area contributed by atoms with E-state index in [-0.39, 0.29) is 6.10 Å². The summed E-state index contributed by atoms with van der Waals surface area (Å²) in [5.41, 5.74) is 11.4. The van der Waals surface area contributed by atoms with Crippen molar-refractivity contribution in [2.24, 2.45) is 34.5 Å². The number of hydrazine groups is 1. The van der Waals surface area contributed by atoms with Crippen molar-refractivity contribution < 1.29 is 5.11 Å². The summed E-state index contributed by atoms with van der Waals surface area (Å²) in [5.74, 6) is 3.18. The van der Waals surface area contributed by atoms with Gasteiger partial charge in [-0.3, -0.25) is 0 Å². The summed E-state index contributed by atoms with van der Waals surface area (Å²) < 4.78 is 0. The lowest BCUT2D eigenvalue weighted by molar-refractivity contribution is -0.0242. The van der Waals surface area contributed by atoms with Crippen LogP contribution >= 0.6 is 0 Å². The van der Waals surface area contributed by atoms with Crippen LogP contribution in [0, 0.1) is 34.5 Å². The highest BCUT2D eigenvalue weighted by atomic mass is 16.3. The molecule has 0 unspecified atom stereocenters. The molecule has 0 aromatic carbocycles. The van der Waals surface area contributed by atoms with E-state index < -0.39 is 0 Å². The molecule has 0 bridgehead atoms. The molecule has 7 atom stereocenters. The zero-order chi connectivity index (χ0) is 20.1. The van der Waals surface area contributed by atoms with Crippen LogP contribution in [0.4, 0.5) is 0 Å². The predicted octanol–water partition coefficient (Wildman–Crippen LogP) is 5.56. The number of aliphatic hydroxyl groups excluding tert-OH is 1. The van der Waals surface area contributed by atoms with E-state index in [9.17, 15) is 5.11 Å². The predicted molar refractivity (Wildman–Crippen MR) is 116 cm³/mol. The Labute approximate surface area is 173 Å². The van der Waals surface area contributed by atoms with Gasteiger partial charge in [-0.1, -0.05) is 53.9 Å². The number of hydrogen-bond acceptors (Lipinski definition) is 3. The van der Waals surface area contributed by atoms with Crippen LogP contribution in [0.2, 0.25) is 0 Å². The van der Waals surface area contributed by atoms with Gasteiger partial charge in [-0.2, -0.15) is 0 Å². The Balaban J connectivity index is 1.53. The van der Waals surface area contributed by atoms with Gasteiger partial charge in [0.25, 0.3) is 0 Å². The third-order valence-electron chi connectivity index (χ3n) is 9.46. The largest absolute Gasteiger partial charge is 0.393 e. The van der Waals surface area contributed by atoms with Crippen molar-refractivity contribution in [3.8, 4) is 0 Å². The van der Waals surface area contributed by atoms with E-state index >= 15 is 0 Å². The summed E-state index contributed by atoms with van der Waals surface area (Å²) in [7, 11) is 0. The maximum Gasteiger partial charge on any atom is 0.0556 e. The molecule has 1 aliphatic heterocycles. The molecule has 1 saturated heterocycles. The first-order valence-electron chi connectivity index (χ1n) is 12.2. The van der Waals surface area contributed by atoms with Crippen molar-refractivity contribution >= 4 is 0 Å². The zero-order valence-electron chi connectivity index (χ0n) is 19.0. The van der Waals surface area contributed by atoms with Crippen molar-refractivity contribution in [3.63, 3.8) is 0 Å². The molecule has 0 spiro atoms. The van der Waals surface area contributed by atoms with Gasteiger partial charge in [0.05, 0.1) is 6.10 Å². The Kier molecular flexibility index (Phi) is 5.64. The quantitative estimate of drug-likeness (QED) is 0.578. The second kappa shape index (κ2) is 7.61. The molecule has 0 amide bonds. The SMILES string of the molecule is CC(C)CCC[C@@H](C)[C@H]1CCC2=C3NN[C@@H]4C[C@@H](O)CC[C@]4(C)[C@H]3CC[C@@]21C. The van der Waals surface area contributed by atoms with E-state index in [4.69, 9.17) is 0 Å². The fourth-order valence-corrected chi connectivity index (χ4v) is 7.61. The van der Waals surface area contributed by atoms with Gasteiger partial charge in [0.2, 0.25) is 0 Å². The number of aliphatic hydroxyl groups is 1. The first-order valence-corrected chi connectivity index (χ1v) is 12.2. The first kappa shape index (κ1) is 20.7. The minimum Gasteiger partial charge on any atom is -0.393 e. The van der Waals surface area contributed by atoms with Crippen molar-refractivity contribution in [2.75, 3.05) is 0 Å². The number of nitrogens with one attached hydrogen (secondary N) is 2. The molecule has 0 radical (unpaired) electrons. The van der Waals surface area contributed by atoms with Gasteiger partial charge in [0.1, 0.15) is 0 Å².